The van der Waals surface area contributed by atoms with Crippen LogP contribution < -0.4 is 14.9 Å². The smallest absolute Gasteiger partial charge is 0.262 e. The molecule has 0 bridgehead atoms. The van der Waals surface area contributed by atoms with Crippen LogP contribution in [0, 0.1) is 0 Å². The van der Waals surface area contributed by atoms with E-state index in [1.54, 1.807) is 17.2 Å². The zero-order valence-corrected chi connectivity index (χ0v) is 14.8. The molecule has 0 spiro atoms. The third-order valence-electron chi connectivity index (χ3n) is 3.73. The number of fused-ring (bicyclic) bond motifs is 1. The molecule has 2 aromatic heterocycles. The first-order valence-electron chi connectivity index (χ1n) is 8.10. The number of ether oxygens (including phenoxy) is 1. The lowest BCUT2D eigenvalue weighted by atomic mass is 10.1. The molecule has 0 aliphatic carbocycles. The monoisotopic (exact) mass is 368 g/mol. The summed E-state index contributed by atoms with van der Waals surface area (Å²) in [6.07, 6.45) is 3.25. The lowest BCUT2D eigenvalue weighted by Gasteiger charge is -2.18. The number of hydrogen-bond donors (Lipinski definition) is 1. The second-order valence-corrected chi connectivity index (χ2v) is 6.33. The van der Waals surface area contributed by atoms with Gasteiger partial charge in [-0.25, -0.2) is 4.68 Å². The Kier molecular flexibility index (Phi) is 4.40. The van der Waals surface area contributed by atoms with Crippen LogP contribution in [-0.2, 0) is 4.79 Å². The van der Waals surface area contributed by atoms with Crippen molar-refractivity contribution in [2.75, 3.05) is 18.5 Å². The fraction of sp³-hybridized carbons (Fsp3) is 0.167. The van der Waals surface area contributed by atoms with Gasteiger partial charge in [0.05, 0.1) is 23.9 Å². The highest BCUT2D eigenvalue weighted by molar-refractivity contribution is 7.07. The van der Waals surface area contributed by atoms with Gasteiger partial charge >= 0.3 is 0 Å². The predicted molar refractivity (Wildman–Crippen MR) is 99.7 cm³/mol. The first-order valence-corrected chi connectivity index (χ1v) is 8.98. The number of furan rings is 1. The van der Waals surface area contributed by atoms with Gasteiger partial charge in [-0.1, -0.05) is 0 Å². The first kappa shape index (κ1) is 16.3. The van der Waals surface area contributed by atoms with E-state index in [-0.39, 0.29) is 12.5 Å². The van der Waals surface area contributed by atoms with Crippen LogP contribution in [0.25, 0.3) is 11.3 Å². The second-order valence-electron chi connectivity index (χ2n) is 5.50. The number of carbonyl (C=O) groups excluding carboxylic acids is 1. The Hall–Kier alpha value is -3.13. The number of hydrogen-bond acceptors (Lipinski definition) is 6. The molecule has 0 saturated carbocycles. The fourth-order valence-corrected chi connectivity index (χ4v) is 3.48. The van der Waals surface area contributed by atoms with Crippen molar-refractivity contribution < 1.29 is 13.9 Å². The first-order chi connectivity index (χ1) is 12.7. The number of aromatic nitrogens is 1. The summed E-state index contributed by atoms with van der Waals surface area (Å²) in [6, 6.07) is 9.30. The van der Waals surface area contributed by atoms with E-state index in [4.69, 9.17) is 9.15 Å². The highest BCUT2D eigenvalue weighted by atomic mass is 32.1. The Morgan fingerprint density at radius 2 is 2.31 bits per heavy atom. The number of benzene rings is 1. The SMILES string of the molecule is CCN=c1scc(-c2ccc3c(c2)NC(=O)CO3)n1N=Cc1ccco1. The maximum atomic E-state index is 11.6. The molecule has 4 rings (SSSR count). The zero-order valence-electron chi connectivity index (χ0n) is 14.0. The molecule has 26 heavy (non-hydrogen) atoms. The molecule has 3 heterocycles. The minimum absolute atomic E-state index is 0.0395. The molecule has 0 saturated heterocycles. The number of nitrogens with one attached hydrogen (secondary N) is 1. The van der Waals surface area contributed by atoms with Crippen LogP contribution in [-0.4, -0.2) is 29.9 Å². The van der Waals surface area contributed by atoms with Crippen LogP contribution in [0.15, 0.2) is 56.5 Å². The molecular formula is C18H16N4O3S. The van der Waals surface area contributed by atoms with Gasteiger partial charge < -0.3 is 14.5 Å². The molecule has 0 radical (unpaired) electrons. The summed E-state index contributed by atoms with van der Waals surface area (Å²) < 4.78 is 12.5. The molecule has 1 aromatic carbocycles. The van der Waals surface area contributed by atoms with Crippen molar-refractivity contribution >= 4 is 29.1 Å². The number of amides is 1. The largest absolute Gasteiger partial charge is 0.482 e. The van der Waals surface area contributed by atoms with Gasteiger partial charge in [-0.2, -0.15) is 5.10 Å². The van der Waals surface area contributed by atoms with Crippen molar-refractivity contribution in [2.24, 2.45) is 10.1 Å². The Morgan fingerprint density at radius 3 is 3.12 bits per heavy atom. The van der Waals surface area contributed by atoms with E-state index in [0.29, 0.717) is 23.7 Å². The maximum Gasteiger partial charge on any atom is 0.262 e. The van der Waals surface area contributed by atoms with Gasteiger partial charge in [0.1, 0.15) is 11.5 Å². The van der Waals surface area contributed by atoms with Crippen molar-refractivity contribution in [3.05, 3.63) is 52.5 Å². The Balaban J connectivity index is 1.78. The number of rotatable bonds is 4. The van der Waals surface area contributed by atoms with Crippen LogP contribution in [0.2, 0.25) is 0 Å². The van der Waals surface area contributed by atoms with E-state index in [9.17, 15) is 4.79 Å². The van der Waals surface area contributed by atoms with E-state index in [1.165, 1.54) is 11.3 Å². The molecule has 7 nitrogen and oxygen atoms in total. The van der Waals surface area contributed by atoms with E-state index < -0.39 is 0 Å². The molecule has 3 aromatic rings. The zero-order chi connectivity index (χ0) is 17.9. The summed E-state index contributed by atoms with van der Waals surface area (Å²) >= 11 is 1.50. The second kappa shape index (κ2) is 7.01. The Bertz CT molecular complexity index is 1030. The summed E-state index contributed by atoms with van der Waals surface area (Å²) in [7, 11) is 0. The highest BCUT2D eigenvalue weighted by Crippen LogP contribution is 2.32. The number of anilines is 1. The summed E-state index contributed by atoms with van der Waals surface area (Å²) in [5.41, 5.74) is 2.42. The molecule has 1 amide bonds. The summed E-state index contributed by atoms with van der Waals surface area (Å²) in [5.74, 6) is 1.15. The molecular weight excluding hydrogens is 352 g/mol. The predicted octanol–water partition coefficient (Wildman–Crippen LogP) is 2.94. The van der Waals surface area contributed by atoms with E-state index in [1.807, 2.05) is 42.6 Å². The molecule has 0 atom stereocenters. The summed E-state index contributed by atoms with van der Waals surface area (Å²) in [5, 5.41) is 9.34. The Labute approximate surface area is 153 Å². The average molecular weight is 368 g/mol. The highest BCUT2D eigenvalue weighted by Gasteiger charge is 2.17. The van der Waals surface area contributed by atoms with Crippen LogP contribution in [0.3, 0.4) is 0 Å². The molecule has 0 unspecified atom stereocenters. The van der Waals surface area contributed by atoms with Crippen LogP contribution in [0.1, 0.15) is 12.7 Å². The maximum absolute atomic E-state index is 11.6. The quantitative estimate of drug-likeness (QED) is 0.719. The molecule has 8 heteroatoms. The molecule has 0 fully saturated rings. The van der Waals surface area contributed by atoms with Gasteiger partial charge in [0, 0.05) is 17.5 Å². The van der Waals surface area contributed by atoms with Gasteiger partial charge in [0.15, 0.2) is 6.61 Å². The average Bonchev–Trinajstić information content (AvgIpc) is 3.29. The molecule has 132 valence electrons. The third-order valence-corrected chi connectivity index (χ3v) is 4.58. The normalized spacial score (nSPS) is 14.3. The minimum atomic E-state index is -0.162. The Morgan fingerprint density at radius 1 is 1.38 bits per heavy atom. The van der Waals surface area contributed by atoms with Crippen molar-refractivity contribution in [3.8, 4) is 17.0 Å². The number of carbonyl (C=O) groups is 1. The van der Waals surface area contributed by atoms with Gasteiger partial charge in [0.2, 0.25) is 4.80 Å². The van der Waals surface area contributed by atoms with Crippen LogP contribution >= 0.6 is 11.3 Å². The lowest BCUT2D eigenvalue weighted by Crippen LogP contribution is -2.25. The van der Waals surface area contributed by atoms with Gasteiger partial charge in [-0.15, -0.1) is 11.3 Å². The van der Waals surface area contributed by atoms with Crippen molar-refractivity contribution in [1.29, 1.82) is 0 Å². The van der Waals surface area contributed by atoms with Gasteiger partial charge in [-0.3, -0.25) is 9.79 Å². The standard InChI is InChI=1S/C18H16N4O3S/c1-2-19-18-22(20-9-13-4-3-7-24-13)15(11-26-18)12-5-6-16-14(8-12)21-17(23)10-25-16/h3-9,11H,2,10H2,1H3,(H,21,23). The van der Waals surface area contributed by atoms with Crippen LogP contribution in [0.4, 0.5) is 5.69 Å². The van der Waals surface area contributed by atoms with Crippen molar-refractivity contribution in [3.63, 3.8) is 0 Å². The van der Waals surface area contributed by atoms with E-state index in [0.717, 1.165) is 16.1 Å². The number of thiazole rings is 1. The third kappa shape index (κ3) is 3.18. The van der Waals surface area contributed by atoms with E-state index in [2.05, 4.69) is 15.4 Å². The lowest BCUT2D eigenvalue weighted by molar-refractivity contribution is -0.118. The van der Waals surface area contributed by atoms with E-state index >= 15 is 0 Å². The van der Waals surface area contributed by atoms with Gasteiger partial charge in [-0.05, 0) is 37.3 Å². The van der Waals surface area contributed by atoms with Crippen molar-refractivity contribution in [2.45, 2.75) is 6.92 Å². The molecule has 1 aliphatic heterocycles. The topological polar surface area (TPSA) is 81.1 Å². The number of nitrogens with zero attached hydrogens (tertiary/aromatic N) is 3. The van der Waals surface area contributed by atoms with Crippen molar-refractivity contribution in [1.82, 2.24) is 4.68 Å². The van der Waals surface area contributed by atoms with Gasteiger partial charge in [0.25, 0.3) is 5.91 Å². The molecule has 1 aliphatic rings. The fourth-order valence-electron chi connectivity index (χ4n) is 2.57. The molecule has 1 N–H and O–H groups in total. The minimum Gasteiger partial charge on any atom is -0.482 e. The van der Waals surface area contributed by atoms with Crippen LogP contribution in [0.5, 0.6) is 5.75 Å². The summed E-state index contributed by atoms with van der Waals surface area (Å²) in [4.78, 5) is 16.9. The summed E-state index contributed by atoms with van der Waals surface area (Å²) in [6.45, 7) is 2.67.